The van der Waals surface area contributed by atoms with E-state index in [9.17, 15) is 0 Å². The van der Waals surface area contributed by atoms with Gasteiger partial charge in [0.25, 0.3) is 0 Å². The van der Waals surface area contributed by atoms with E-state index < -0.39 is 0 Å². The van der Waals surface area contributed by atoms with E-state index in [1.165, 1.54) is 0 Å². The number of aryl methyl sites for hydroxylation is 1. The number of aromatic nitrogens is 2. The van der Waals surface area contributed by atoms with Crippen LogP contribution in [0.5, 0.6) is 5.75 Å². The Kier molecular flexibility index (Phi) is 3.03. The Balaban J connectivity index is 2.02. The van der Waals surface area contributed by atoms with Crippen LogP contribution in [0, 0.1) is 0 Å². The Morgan fingerprint density at radius 2 is 2.47 bits per heavy atom. The van der Waals surface area contributed by atoms with Crippen LogP contribution in [0.15, 0.2) is 23.8 Å². The van der Waals surface area contributed by atoms with E-state index in [4.69, 9.17) is 10.5 Å². The van der Waals surface area contributed by atoms with Gasteiger partial charge in [-0.25, -0.2) is 4.98 Å². The summed E-state index contributed by atoms with van der Waals surface area (Å²) in [6, 6.07) is 1.94. The van der Waals surface area contributed by atoms with Gasteiger partial charge in [0.2, 0.25) is 0 Å². The Morgan fingerprint density at radius 1 is 1.60 bits per heavy atom. The van der Waals surface area contributed by atoms with Crippen LogP contribution >= 0.6 is 11.3 Å². The van der Waals surface area contributed by atoms with Crippen LogP contribution in [0.3, 0.4) is 0 Å². The van der Waals surface area contributed by atoms with Crippen molar-refractivity contribution in [2.24, 2.45) is 12.8 Å². The number of hydrogen-bond acceptors (Lipinski definition) is 4. The molecule has 0 aromatic carbocycles. The van der Waals surface area contributed by atoms with E-state index >= 15 is 0 Å². The smallest absolute Gasteiger partial charge is 0.146 e. The lowest BCUT2D eigenvalue weighted by Gasteiger charge is -2.05. The Bertz CT molecular complexity index is 435. The van der Waals surface area contributed by atoms with Gasteiger partial charge in [-0.05, 0) is 11.4 Å². The third kappa shape index (κ3) is 2.19. The fourth-order valence-electron chi connectivity index (χ4n) is 1.28. The molecule has 2 heterocycles. The quantitative estimate of drug-likeness (QED) is 0.855. The maximum absolute atomic E-state index is 5.64. The summed E-state index contributed by atoms with van der Waals surface area (Å²) in [5, 5.41) is 1.98. The monoisotopic (exact) mass is 223 g/mol. The minimum atomic E-state index is 0.479. The molecule has 80 valence electrons. The van der Waals surface area contributed by atoms with Gasteiger partial charge in [0.1, 0.15) is 18.2 Å². The minimum Gasteiger partial charge on any atom is -0.484 e. The molecule has 4 nitrogen and oxygen atoms in total. The van der Waals surface area contributed by atoms with Gasteiger partial charge in [-0.1, -0.05) is 0 Å². The van der Waals surface area contributed by atoms with E-state index in [-0.39, 0.29) is 0 Å². The molecule has 0 aliphatic rings. The van der Waals surface area contributed by atoms with Crippen LogP contribution in [-0.2, 0) is 20.2 Å². The van der Waals surface area contributed by atoms with Gasteiger partial charge < -0.3 is 15.0 Å². The SMILES string of the molecule is Cn1ccnc1COc1ccsc1CN. The van der Waals surface area contributed by atoms with Crippen molar-refractivity contribution >= 4 is 11.3 Å². The summed E-state index contributed by atoms with van der Waals surface area (Å²) in [5.74, 6) is 1.77. The molecule has 0 aliphatic carbocycles. The van der Waals surface area contributed by atoms with Gasteiger partial charge in [-0.3, -0.25) is 0 Å². The van der Waals surface area contributed by atoms with Crippen molar-refractivity contribution in [1.82, 2.24) is 9.55 Å². The largest absolute Gasteiger partial charge is 0.484 e. The number of nitrogens with two attached hydrogens (primary N) is 1. The predicted octanol–water partition coefficient (Wildman–Crippen LogP) is 1.52. The third-order valence-electron chi connectivity index (χ3n) is 2.17. The molecule has 0 atom stereocenters. The molecule has 15 heavy (non-hydrogen) atoms. The molecule has 0 radical (unpaired) electrons. The highest BCUT2D eigenvalue weighted by atomic mass is 32.1. The van der Waals surface area contributed by atoms with Gasteiger partial charge in [0.15, 0.2) is 0 Å². The fraction of sp³-hybridized carbons (Fsp3) is 0.300. The number of nitrogens with zero attached hydrogens (tertiary/aromatic N) is 2. The first-order valence-corrected chi connectivity index (χ1v) is 5.54. The van der Waals surface area contributed by atoms with Crippen molar-refractivity contribution in [3.05, 3.63) is 34.5 Å². The van der Waals surface area contributed by atoms with Crippen LogP contribution in [0.25, 0.3) is 0 Å². The van der Waals surface area contributed by atoms with Crippen LogP contribution < -0.4 is 10.5 Å². The molecule has 0 unspecified atom stereocenters. The summed E-state index contributed by atoms with van der Waals surface area (Å²) in [6.45, 7) is 1.00. The molecular formula is C10H13N3OS. The highest BCUT2D eigenvalue weighted by Gasteiger charge is 2.05. The molecule has 0 saturated carbocycles. The molecule has 2 rings (SSSR count). The molecule has 0 fully saturated rings. The van der Waals surface area contributed by atoms with Gasteiger partial charge in [0.05, 0.1) is 4.88 Å². The Morgan fingerprint density at radius 3 is 3.13 bits per heavy atom. The van der Waals surface area contributed by atoms with E-state index in [1.807, 2.05) is 29.3 Å². The second-order valence-corrected chi connectivity index (χ2v) is 4.16. The lowest BCUT2D eigenvalue weighted by atomic mass is 10.4. The number of thiophene rings is 1. The molecule has 0 bridgehead atoms. The average Bonchev–Trinajstić information content (AvgIpc) is 2.83. The second-order valence-electron chi connectivity index (χ2n) is 3.16. The van der Waals surface area contributed by atoms with E-state index in [0.29, 0.717) is 13.2 Å². The van der Waals surface area contributed by atoms with Crippen molar-refractivity contribution in [1.29, 1.82) is 0 Å². The molecule has 0 amide bonds. The molecule has 0 saturated heterocycles. The van der Waals surface area contributed by atoms with Crippen molar-refractivity contribution < 1.29 is 4.74 Å². The first-order chi connectivity index (χ1) is 7.31. The number of ether oxygens (including phenoxy) is 1. The fourth-order valence-corrected chi connectivity index (χ4v) is 1.98. The lowest BCUT2D eigenvalue weighted by Crippen LogP contribution is -2.04. The molecular weight excluding hydrogens is 210 g/mol. The molecule has 5 heteroatoms. The van der Waals surface area contributed by atoms with Gasteiger partial charge in [-0.15, -0.1) is 11.3 Å². The third-order valence-corrected chi connectivity index (χ3v) is 3.09. The molecule has 2 aromatic heterocycles. The zero-order valence-corrected chi connectivity index (χ0v) is 9.33. The van der Waals surface area contributed by atoms with Crippen LogP contribution in [0.1, 0.15) is 10.7 Å². The van der Waals surface area contributed by atoms with Crippen molar-refractivity contribution in [3.63, 3.8) is 0 Å². The topological polar surface area (TPSA) is 53.1 Å². The maximum atomic E-state index is 5.64. The lowest BCUT2D eigenvalue weighted by molar-refractivity contribution is 0.290. The van der Waals surface area contributed by atoms with Gasteiger partial charge in [0, 0.05) is 26.0 Å². The highest BCUT2D eigenvalue weighted by Crippen LogP contribution is 2.24. The van der Waals surface area contributed by atoms with Crippen LogP contribution in [0.4, 0.5) is 0 Å². The van der Waals surface area contributed by atoms with Crippen LogP contribution in [-0.4, -0.2) is 9.55 Å². The van der Waals surface area contributed by atoms with Crippen molar-refractivity contribution in [2.75, 3.05) is 0 Å². The Hall–Kier alpha value is -1.33. The van der Waals surface area contributed by atoms with Crippen LogP contribution in [0.2, 0.25) is 0 Å². The first-order valence-electron chi connectivity index (χ1n) is 4.66. The zero-order valence-electron chi connectivity index (χ0n) is 8.51. The minimum absolute atomic E-state index is 0.479. The normalized spacial score (nSPS) is 10.5. The van der Waals surface area contributed by atoms with Crippen molar-refractivity contribution in [2.45, 2.75) is 13.2 Å². The number of hydrogen-bond donors (Lipinski definition) is 1. The summed E-state index contributed by atoms with van der Waals surface area (Å²) in [5.41, 5.74) is 5.58. The average molecular weight is 223 g/mol. The van der Waals surface area contributed by atoms with Gasteiger partial charge in [-0.2, -0.15) is 0 Å². The summed E-state index contributed by atoms with van der Waals surface area (Å²) in [4.78, 5) is 5.25. The highest BCUT2D eigenvalue weighted by molar-refractivity contribution is 7.10. The summed E-state index contributed by atoms with van der Waals surface area (Å²) < 4.78 is 7.58. The predicted molar refractivity (Wildman–Crippen MR) is 59.8 cm³/mol. The van der Waals surface area contributed by atoms with E-state index in [1.54, 1.807) is 17.5 Å². The summed E-state index contributed by atoms with van der Waals surface area (Å²) in [6.07, 6.45) is 3.66. The molecule has 0 spiro atoms. The Labute approximate surface area is 92.3 Å². The van der Waals surface area contributed by atoms with E-state index in [0.717, 1.165) is 16.5 Å². The molecule has 2 N–H and O–H groups in total. The van der Waals surface area contributed by atoms with E-state index in [2.05, 4.69) is 4.98 Å². The first kappa shape index (κ1) is 10.2. The van der Waals surface area contributed by atoms with Crippen molar-refractivity contribution in [3.8, 4) is 5.75 Å². The second kappa shape index (κ2) is 4.46. The molecule has 2 aromatic rings. The van der Waals surface area contributed by atoms with Gasteiger partial charge >= 0.3 is 0 Å². The summed E-state index contributed by atoms with van der Waals surface area (Å²) in [7, 11) is 1.95. The number of imidazole rings is 1. The number of rotatable bonds is 4. The molecule has 0 aliphatic heterocycles. The standard InChI is InChI=1S/C10H13N3OS/c1-13-4-3-12-10(13)7-14-8-2-5-15-9(8)6-11/h2-5H,6-7,11H2,1H3. The summed E-state index contributed by atoms with van der Waals surface area (Å²) >= 11 is 1.61. The zero-order chi connectivity index (χ0) is 10.7. The maximum Gasteiger partial charge on any atom is 0.146 e.